The molecule has 0 aromatic heterocycles. The molecule has 1 saturated carbocycles. The monoisotopic (exact) mass is 284 g/mol. The Labute approximate surface area is 126 Å². The van der Waals surface area contributed by atoms with Gasteiger partial charge in [-0.1, -0.05) is 20.8 Å². The number of aliphatic hydroxyl groups is 1. The summed E-state index contributed by atoms with van der Waals surface area (Å²) in [6.07, 6.45) is 5.41. The maximum Gasteiger partial charge on any atom is 0.0869 e. The zero-order valence-electron chi connectivity index (χ0n) is 14.5. The largest absolute Gasteiger partial charge is 0.388 e. The van der Waals surface area contributed by atoms with E-state index in [9.17, 15) is 5.11 Å². The second kappa shape index (κ2) is 7.24. The number of hydrogen-bond acceptors (Lipinski definition) is 3. The summed E-state index contributed by atoms with van der Waals surface area (Å²) in [5.41, 5.74) is -0.167. The first-order valence-corrected chi connectivity index (χ1v) is 8.18. The summed E-state index contributed by atoms with van der Waals surface area (Å²) in [6.45, 7) is 11.5. The summed E-state index contributed by atoms with van der Waals surface area (Å²) in [7, 11) is 4.00. The van der Waals surface area contributed by atoms with Gasteiger partial charge in [0.05, 0.1) is 5.60 Å². The van der Waals surface area contributed by atoms with Gasteiger partial charge in [-0.3, -0.25) is 0 Å². The Morgan fingerprint density at radius 2 is 1.60 bits per heavy atom. The Hall–Kier alpha value is -0.120. The molecule has 1 aliphatic rings. The minimum absolute atomic E-state index is 0.466. The van der Waals surface area contributed by atoms with Crippen LogP contribution >= 0.6 is 0 Å². The summed E-state index contributed by atoms with van der Waals surface area (Å²) in [6, 6.07) is 0. The zero-order chi connectivity index (χ0) is 15.4. The van der Waals surface area contributed by atoms with Crippen molar-refractivity contribution in [2.45, 2.75) is 59.0 Å². The first-order valence-electron chi connectivity index (χ1n) is 8.18. The predicted molar refractivity (Wildman–Crippen MR) is 87.0 cm³/mol. The lowest BCUT2D eigenvalue weighted by atomic mass is 9.70. The van der Waals surface area contributed by atoms with Crippen LogP contribution in [0.15, 0.2) is 0 Å². The van der Waals surface area contributed by atoms with E-state index < -0.39 is 5.60 Å². The molecule has 1 rings (SSSR count). The molecule has 0 spiro atoms. The van der Waals surface area contributed by atoms with Gasteiger partial charge in [0.25, 0.3) is 0 Å². The van der Waals surface area contributed by atoms with Crippen molar-refractivity contribution in [3.63, 3.8) is 0 Å². The third kappa shape index (κ3) is 6.55. The van der Waals surface area contributed by atoms with Crippen LogP contribution in [0.2, 0.25) is 0 Å². The smallest absolute Gasteiger partial charge is 0.0869 e. The van der Waals surface area contributed by atoms with Gasteiger partial charge in [0.1, 0.15) is 0 Å². The Balaban J connectivity index is 2.22. The van der Waals surface area contributed by atoms with Crippen molar-refractivity contribution in [2.75, 3.05) is 33.7 Å². The highest BCUT2D eigenvalue weighted by Crippen LogP contribution is 2.39. The van der Waals surface area contributed by atoms with Crippen molar-refractivity contribution < 1.29 is 5.11 Å². The number of nitrogens with zero attached hydrogens (tertiary/aromatic N) is 1. The van der Waals surface area contributed by atoms with Crippen LogP contribution in [0.5, 0.6) is 0 Å². The van der Waals surface area contributed by atoms with E-state index in [2.05, 4.69) is 26.1 Å². The summed E-state index contributed by atoms with van der Waals surface area (Å²) in [5, 5.41) is 13.7. The van der Waals surface area contributed by atoms with E-state index in [1.165, 1.54) is 25.7 Å². The van der Waals surface area contributed by atoms with Crippen molar-refractivity contribution in [3.05, 3.63) is 0 Å². The number of likely N-dealkylation sites (N-methyl/N-ethyl adjacent to an activating group) is 1. The highest BCUT2D eigenvalue weighted by molar-refractivity contribution is 4.83. The SMILES string of the molecule is CN(C)CC(C)(O)CNCC1CCC(C(C)(C)C)CC1. The van der Waals surface area contributed by atoms with E-state index >= 15 is 0 Å². The second-order valence-electron chi connectivity index (χ2n) is 8.45. The van der Waals surface area contributed by atoms with Crippen LogP contribution in [0.1, 0.15) is 53.4 Å². The van der Waals surface area contributed by atoms with Gasteiger partial charge in [-0.05, 0) is 70.5 Å². The van der Waals surface area contributed by atoms with E-state index in [1.807, 2.05) is 25.9 Å². The predicted octanol–water partition coefficient (Wildman–Crippen LogP) is 2.74. The molecule has 3 nitrogen and oxygen atoms in total. The molecular formula is C17H36N2O. The first kappa shape index (κ1) is 17.9. The van der Waals surface area contributed by atoms with Gasteiger partial charge in [-0.25, -0.2) is 0 Å². The first-order chi connectivity index (χ1) is 9.10. The highest BCUT2D eigenvalue weighted by atomic mass is 16.3. The molecule has 1 fully saturated rings. The van der Waals surface area contributed by atoms with Gasteiger partial charge in [-0.15, -0.1) is 0 Å². The fraction of sp³-hybridized carbons (Fsp3) is 1.00. The molecule has 2 N–H and O–H groups in total. The van der Waals surface area contributed by atoms with Gasteiger partial charge < -0.3 is 15.3 Å². The van der Waals surface area contributed by atoms with Gasteiger partial charge in [0.2, 0.25) is 0 Å². The average Bonchev–Trinajstić information content (AvgIpc) is 2.26. The molecule has 20 heavy (non-hydrogen) atoms. The van der Waals surface area contributed by atoms with E-state index in [4.69, 9.17) is 0 Å². The number of nitrogens with one attached hydrogen (secondary N) is 1. The second-order valence-corrected chi connectivity index (χ2v) is 8.45. The van der Waals surface area contributed by atoms with Gasteiger partial charge >= 0.3 is 0 Å². The Bertz CT molecular complexity index is 273. The van der Waals surface area contributed by atoms with Crippen LogP contribution in [-0.2, 0) is 0 Å². The third-order valence-electron chi connectivity index (χ3n) is 4.67. The van der Waals surface area contributed by atoms with Gasteiger partial charge in [-0.2, -0.15) is 0 Å². The average molecular weight is 284 g/mol. The standard InChI is InChI=1S/C17H36N2O/c1-16(2,3)15-9-7-14(8-10-15)11-18-12-17(4,20)13-19(5)6/h14-15,18,20H,7-13H2,1-6H3. The van der Waals surface area contributed by atoms with Crippen LogP contribution < -0.4 is 5.32 Å². The fourth-order valence-electron chi connectivity index (χ4n) is 3.52. The van der Waals surface area contributed by atoms with E-state index in [0.717, 1.165) is 18.4 Å². The van der Waals surface area contributed by atoms with Gasteiger partial charge in [0, 0.05) is 13.1 Å². The molecule has 0 radical (unpaired) electrons. The Morgan fingerprint density at radius 1 is 1.05 bits per heavy atom. The molecule has 0 bridgehead atoms. The van der Waals surface area contributed by atoms with Crippen molar-refractivity contribution in [3.8, 4) is 0 Å². The summed E-state index contributed by atoms with van der Waals surface area (Å²) in [4.78, 5) is 2.04. The van der Waals surface area contributed by atoms with Crippen LogP contribution in [0.3, 0.4) is 0 Å². The molecule has 1 atom stereocenters. The maximum atomic E-state index is 10.3. The van der Waals surface area contributed by atoms with Crippen molar-refractivity contribution in [2.24, 2.45) is 17.3 Å². The number of rotatable bonds is 6. The minimum Gasteiger partial charge on any atom is -0.388 e. The molecule has 120 valence electrons. The minimum atomic E-state index is -0.633. The van der Waals surface area contributed by atoms with E-state index in [1.54, 1.807) is 0 Å². The molecule has 0 amide bonds. The lowest BCUT2D eigenvalue weighted by Gasteiger charge is -2.37. The lowest BCUT2D eigenvalue weighted by Crippen LogP contribution is -2.46. The molecule has 0 aromatic carbocycles. The van der Waals surface area contributed by atoms with Crippen molar-refractivity contribution >= 4 is 0 Å². The molecule has 3 heteroatoms. The summed E-state index contributed by atoms with van der Waals surface area (Å²) < 4.78 is 0. The molecular weight excluding hydrogens is 248 g/mol. The van der Waals surface area contributed by atoms with Crippen LogP contribution in [0, 0.1) is 17.3 Å². The maximum absolute atomic E-state index is 10.3. The zero-order valence-corrected chi connectivity index (χ0v) is 14.5. The molecule has 0 heterocycles. The number of hydrogen-bond donors (Lipinski definition) is 2. The third-order valence-corrected chi connectivity index (χ3v) is 4.67. The fourth-order valence-corrected chi connectivity index (χ4v) is 3.52. The molecule has 1 unspecified atom stereocenters. The Kier molecular flexibility index (Phi) is 6.49. The van der Waals surface area contributed by atoms with E-state index in [0.29, 0.717) is 18.5 Å². The molecule has 1 aliphatic carbocycles. The van der Waals surface area contributed by atoms with Crippen LogP contribution in [0.25, 0.3) is 0 Å². The van der Waals surface area contributed by atoms with Crippen molar-refractivity contribution in [1.29, 1.82) is 0 Å². The molecule has 0 aromatic rings. The topological polar surface area (TPSA) is 35.5 Å². The highest BCUT2D eigenvalue weighted by Gasteiger charge is 2.29. The normalized spacial score (nSPS) is 27.6. The van der Waals surface area contributed by atoms with Crippen LogP contribution in [-0.4, -0.2) is 49.3 Å². The lowest BCUT2D eigenvalue weighted by molar-refractivity contribution is 0.0322. The quantitative estimate of drug-likeness (QED) is 0.787. The molecule has 0 aliphatic heterocycles. The molecule has 0 saturated heterocycles. The summed E-state index contributed by atoms with van der Waals surface area (Å²) in [5.74, 6) is 1.68. The Morgan fingerprint density at radius 3 is 2.05 bits per heavy atom. The summed E-state index contributed by atoms with van der Waals surface area (Å²) >= 11 is 0. The van der Waals surface area contributed by atoms with Crippen molar-refractivity contribution in [1.82, 2.24) is 10.2 Å². The van der Waals surface area contributed by atoms with Crippen LogP contribution in [0.4, 0.5) is 0 Å². The van der Waals surface area contributed by atoms with E-state index in [-0.39, 0.29) is 0 Å². The van der Waals surface area contributed by atoms with Gasteiger partial charge in [0.15, 0.2) is 0 Å².